The number of nitrogens with one attached hydrogen (secondary N) is 1. The van der Waals surface area contributed by atoms with Crippen LogP contribution < -0.4 is 10.2 Å². The molecule has 0 spiro atoms. The van der Waals surface area contributed by atoms with Gasteiger partial charge in [-0.1, -0.05) is 6.07 Å². The third-order valence-electron chi connectivity index (χ3n) is 4.21. The predicted molar refractivity (Wildman–Crippen MR) is 89.4 cm³/mol. The van der Waals surface area contributed by atoms with Gasteiger partial charge in [0.25, 0.3) is 0 Å². The van der Waals surface area contributed by atoms with E-state index in [0.29, 0.717) is 0 Å². The van der Waals surface area contributed by atoms with Crippen molar-refractivity contribution in [3.05, 3.63) is 52.6 Å². The van der Waals surface area contributed by atoms with E-state index < -0.39 is 0 Å². The number of rotatable bonds is 3. The lowest BCUT2D eigenvalue weighted by Crippen LogP contribution is -2.14. The van der Waals surface area contributed by atoms with Gasteiger partial charge >= 0.3 is 0 Å². The minimum atomic E-state index is 1.14. The van der Waals surface area contributed by atoms with Gasteiger partial charge < -0.3 is 10.2 Å². The summed E-state index contributed by atoms with van der Waals surface area (Å²) in [4.78, 5) is 2.28. The largest absolute Gasteiger partial charge is 0.388 e. The Bertz CT molecular complexity index is 586. The second-order valence-electron chi connectivity index (χ2n) is 5.46. The van der Waals surface area contributed by atoms with Gasteiger partial charge in [0, 0.05) is 31.2 Å². The van der Waals surface area contributed by atoms with E-state index >= 15 is 0 Å². The Labute approximate surface area is 122 Å². The number of nitrogens with zero attached hydrogens (tertiary/aromatic N) is 1. The Hall–Kier alpha value is -1.96. The van der Waals surface area contributed by atoms with E-state index in [9.17, 15) is 0 Å². The summed E-state index contributed by atoms with van der Waals surface area (Å²) in [6.07, 6.45) is 0. The number of benzene rings is 2. The summed E-state index contributed by atoms with van der Waals surface area (Å²) >= 11 is 0. The fourth-order valence-corrected chi connectivity index (χ4v) is 2.68. The molecule has 2 nitrogen and oxygen atoms in total. The molecule has 2 aromatic carbocycles. The summed E-state index contributed by atoms with van der Waals surface area (Å²) in [6, 6.07) is 10.8. The van der Waals surface area contributed by atoms with Crippen molar-refractivity contribution < 1.29 is 0 Å². The summed E-state index contributed by atoms with van der Waals surface area (Å²) in [5, 5.41) is 3.16. The maximum atomic E-state index is 3.16. The zero-order chi connectivity index (χ0) is 14.9. The van der Waals surface area contributed by atoms with Crippen LogP contribution in [0.4, 0.5) is 17.1 Å². The molecule has 0 aliphatic heterocycles. The molecule has 0 fully saturated rings. The van der Waals surface area contributed by atoms with Crippen molar-refractivity contribution in [1.82, 2.24) is 0 Å². The zero-order valence-corrected chi connectivity index (χ0v) is 13.3. The first-order valence-electron chi connectivity index (χ1n) is 7.04. The Morgan fingerprint density at radius 2 is 1.35 bits per heavy atom. The average Bonchev–Trinajstić information content (AvgIpc) is 2.45. The molecule has 106 valence electrons. The lowest BCUT2D eigenvalue weighted by molar-refractivity contribution is 1.13. The second-order valence-corrected chi connectivity index (χ2v) is 5.46. The molecule has 0 atom stereocenters. The molecule has 0 aliphatic rings. The van der Waals surface area contributed by atoms with Crippen molar-refractivity contribution in [3.8, 4) is 0 Å². The topological polar surface area (TPSA) is 15.3 Å². The van der Waals surface area contributed by atoms with Gasteiger partial charge in [-0.05, 0) is 74.2 Å². The van der Waals surface area contributed by atoms with E-state index in [4.69, 9.17) is 0 Å². The van der Waals surface area contributed by atoms with Crippen LogP contribution in [0.25, 0.3) is 0 Å². The third kappa shape index (κ3) is 2.51. The van der Waals surface area contributed by atoms with Gasteiger partial charge in [-0.15, -0.1) is 0 Å². The van der Waals surface area contributed by atoms with E-state index in [0.717, 1.165) is 5.69 Å². The number of aryl methyl sites for hydroxylation is 2. The second kappa shape index (κ2) is 5.58. The molecule has 20 heavy (non-hydrogen) atoms. The molecule has 0 aliphatic carbocycles. The quantitative estimate of drug-likeness (QED) is 0.865. The average molecular weight is 268 g/mol. The minimum absolute atomic E-state index is 1.14. The highest BCUT2D eigenvalue weighted by Crippen LogP contribution is 2.34. The Balaban J connectivity index is 2.49. The molecule has 1 N–H and O–H groups in total. The Morgan fingerprint density at radius 1 is 0.850 bits per heavy atom. The lowest BCUT2D eigenvalue weighted by Gasteiger charge is -2.26. The van der Waals surface area contributed by atoms with Crippen LogP contribution >= 0.6 is 0 Å². The molecule has 2 rings (SSSR count). The molecule has 0 unspecified atom stereocenters. The Morgan fingerprint density at radius 3 is 1.80 bits per heavy atom. The summed E-state index contributed by atoms with van der Waals surface area (Å²) in [5.74, 6) is 0. The van der Waals surface area contributed by atoms with Gasteiger partial charge in [0.2, 0.25) is 0 Å². The van der Waals surface area contributed by atoms with Gasteiger partial charge in [0.15, 0.2) is 0 Å². The number of anilines is 3. The van der Waals surface area contributed by atoms with E-state index in [1.54, 1.807) is 0 Å². The molecule has 2 heteroatoms. The highest BCUT2D eigenvalue weighted by molar-refractivity contribution is 5.72. The first kappa shape index (κ1) is 14.4. The first-order valence-corrected chi connectivity index (χ1v) is 7.04. The van der Waals surface area contributed by atoms with Crippen molar-refractivity contribution in [3.63, 3.8) is 0 Å². The van der Waals surface area contributed by atoms with Crippen LogP contribution in [-0.2, 0) is 0 Å². The molecule has 0 amide bonds. The molecule has 0 radical (unpaired) electrons. The van der Waals surface area contributed by atoms with Gasteiger partial charge in [-0.2, -0.15) is 0 Å². The van der Waals surface area contributed by atoms with Gasteiger partial charge in [0.1, 0.15) is 0 Å². The molecule has 0 heterocycles. The van der Waals surface area contributed by atoms with Gasteiger partial charge in [-0.25, -0.2) is 0 Å². The molecule has 2 aromatic rings. The maximum absolute atomic E-state index is 3.16. The molecule has 0 saturated heterocycles. The summed E-state index contributed by atoms with van der Waals surface area (Å²) in [6.45, 7) is 8.78. The van der Waals surface area contributed by atoms with Crippen LogP contribution in [0, 0.1) is 27.7 Å². The SMILES string of the molecule is CNc1ccc(N(C)c2c(C)c(C)cc(C)c2C)cc1. The summed E-state index contributed by atoms with van der Waals surface area (Å²) < 4.78 is 0. The smallest absolute Gasteiger partial charge is 0.0472 e. The first-order chi connectivity index (χ1) is 9.45. The normalized spacial score (nSPS) is 10.5. The standard InChI is InChI=1S/C18H24N2/c1-12-11-13(2)15(4)18(14(12)3)20(6)17-9-7-16(19-5)8-10-17/h7-11,19H,1-6H3. The van der Waals surface area contributed by atoms with Crippen LogP contribution in [-0.4, -0.2) is 14.1 Å². The van der Waals surface area contributed by atoms with Crippen LogP contribution in [0.15, 0.2) is 30.3 Å². The number of hydrogen-bond donors (Lipinski definition) is 1. The van der Waals surface area contributed by atoms with Gasteiger partial charge in [-0.3, -0.25) is 0 Å². The summed E-state index contributed by atoms with van der Waals surface area (Å²) in [7, 11) is 4.08. The molecule has 0 saturated carbocycles. The molecular weight excluding hydrogens is 244 g/mol. The predicted octanol–water partition coefficient (Wildman–Crippen LogP) is 4.73. The van der Waals surface area contributed by atoms with Crippen molar-refractivity contribution in [1.29, 1.82) is 0 Å². The third-order valence-corrected chi connectivity index (χ3v) is 4.21. The van der Waals surface area contributed by atoms with Crippen LogP contribution in [0.3, 0.4) is 0 Å². The monoisotopic (exact) mass is 268 g/mol. The zero-order valence-electron chi connectivity index (χ0n) is 13.3. The lowest BCUT2D eigenvalue weighted by atomic mass is 9.97. The minimum Gasteiger partial charge on any atom is -0.388 e. The fourth-order valence-electron chi connectivity index (χ4n) is 2.68. The number of hydrogen-bond acceptors (Lipinski definition) is 2. The van der Waals surface area contributed by atoms with Crippen molar-refractivity contribution >= 4 is 17.1 Å². The van der Waals surface area contributed by atoms with Crippen molar-refractivity contribution in [2.45, 2.75) is 27.7 Å². The van der Waals surface area contributed by atoms with Crippen LogP contribution in [0.2, 0.25) is 0 Å². The molecule has 0 bridgehead atoms. The molecular formula is C18H24N2. The van der Waals surface area contributed by atoms with E-state index in [1.165, 1.54) is 33.6 Å². The fraction of sp³-hybridized carbons (Fsp3) is 0.333. The van der Waals surface area contributed by atoms with E-state index in [-0.39, 0.29) is 0 Å². The van der Waals surface area contributed by atoms with E-state index in [2.05, 4.69) is 75.3 Å². The van der Waals surface area contributed by atoms with Crippen molar-refractivity contribution in [2.75, 3.05) is 24.3 Å². The highest BCUT2D eigenvalue weighted by Gasteiger charge is 2.13. The van der Waals surface area contributed by atoms with Crippen molar-refractivity contribution in [2.24, 2.45) is 0 Å². The van der Waals surface area contributed by atoms with E-state index in [1.807, 2.05) is 7.05 Å². The molecule has 0 aromatic heterocycles. The summed E-state index contributed by atoms with van der Waals surface area (Å²) in [5.41, 5.74) is 9.07. The Kier molecular flexibility index (Phi) is 4.03. The van der Waals surface area contributed by atoms with Crippen LogP contribution in [0.1, 0.15) is 22.3 Å². The highest BCUT2D eigenvalue weighted by atomic mass is 15.1. The maximum Gasteiger partial charge on any atom is 0.0472 e. The van der Waals surface area contributed by atoms with Gasteiger partial charge in [0.05, 0.1) is 0 Å². The van der Waals surface area contributed by atoms with Crippen LogP contribution in [0.5, 0.6) is 0 Å².